The van der Waals surface area contributed by atoms with E-state index in [1.165, 1.54) is 0 Å². The van der Waals surface area contributed by atoms with Crippen LogP contribution < -0.4 is 0 Å². The molecule has 0 bridgehead atoms. The van der Waals surface area contributed by atoms with Gasteiger partial charge in [0.05, 0.1) is 0 Å². The highest BCUT2D eigenvalue weighted by Crippen LogP contribution is 2.43. The summed E-state index contributed by atoms with van der Waals surface area (Å²) in [6, 6.07) is 3.99. The van der Waals surface area contributed by atoms with Crippen molar-refractivity contribution < 1.29 is 9.90 Å². The largest absolute Gasteiger partial charge is 0.505 e. The summed E-state index contributed by atoms with van der Waals surface area (Å²) in [6.07, 6.45) is 3.91. The molecule has 1 aliphatic rings. The first-order chi connectivity index (χ1) is 13.7. The van der Waals surface area contributed by atoms with E-state index in [1.54, 1.807) is 0 Å². The topological polar surface area (TPSA) is 49.7 Å². The van der Waals surface area contributed by atoms with Crippen molar-refractivity contribution in [2.24, 2.45) is 15.8 Å². The van der Waals surface area contributed by atoms with Gasteiger partial charge in [-0.05, 0) is 44.9 Å². The quantitative estimate of drug-likeness (QED) is 0.473. The highest BCUT2D eigenvalue weighted by molar-refractivity contribution is 6.51. The maximum absolute atomic E-state index is 13.4. The Bertz CT molecular complexity index is 976. The number of nitrogens with zero attached hydrogens (tertiary/aromatic N) is 1. The van der Waals surface area contributed by atoms with Crippen LogP contribution in [0.2, 0.25) is 0 Å². The smallest absolute Gasteiger partial charge is 0.207 e. The molecule has 0 radical (unpaired) electrons. The van der Waals surface area contributed by atoms with Crippen LogP contribution in [0.4, 0.5) is 5.69 Å². The SMILES string of the molecule is CC(C)(C)C1=CC(=Nc2cc(C(C)(C)C)cc(C(C)(C)C)c2O)C(=O)C(C(C)(C)C)=C1. The molecular weight excluding hydrogens is 382 g/mol. The zero-order valence-electron chi connectivity index (χ0n) is 21.6. The van der Waals surface area contributed by atoms with Gasteiger partial charge in [0, 0.05) is 11.1 Å². The van der Waals surface area contributed by atoms with E-state index in [1.807, 2.05) is 18.2 Å². The lowest BCUT2D eigenvalue weighted by Crippen LogP contribution is -2.29. The maximum atomic E-state index is 13.4. The molecule has 0 heterocycles. The van der Waals surface area contributed by atoms with E-state index in [0.29, 0.717) is 11.4 Å². The number of phenols is 1. The minimum absolute atomic E-state index is 0.0710. The molecule has 0 fully saturated rings. The maximum Gasteiger partial charge on any atom is 0.207 e. The molecule has 0 aliphatic heterocycles. The second kappa shape index (κ2) is 7.76. The molecule has 3 nitrogen and oxygen atoms in total. The average Bonchev–Trinajstić information content (AvgIpc) is 2.53. The average molecular weight is 424 g/mol. The van der Waals surface area contributed by atoms with Crippen molar-refractivity contribution in [3.63, 3.8) is 0 Å². The van der Waals surface area contributed by atoms with Gasteiger partial charge < -0.3 is 5.11 Å². The van der Waals surface area contributed by atoms with E-state index < -0.39 is 0 Å². The lowest BCUT2D eigenvalue weighted by atomic mass is 9.74. The predicted molar refractivity (Wildman–Crippen MR) is 133 cm³/mol. The fourth-order valence-electron chi connectivity index (χ4n) is 3.53. The zero-order valence-corrected chi connectivity index (χ0v) is 21.6. The number of rotatable bonds is 1. The molecule has 2 rings (SSSR count). The van der Waals surface area contributed by atoms with Crippen LogP contribution in [0.25, 0.3) is 0 Å². The first-order valence-corrected chi connectivity index (χ1v) is 11.2. The third-order valence-corrected chi connectivity index (χ3v) is 5.75. The van der Waals surface area contributed by atoms with Gasteiger partial charge in [-0.1, -0.05) is 95.2 Å². The molecule has 31 heavy (non-hydrogen) atoms. The van der Waals surface area contributed by atoms with E-state index in [0.717, 1.165) is 22.3 Å². The number of aromatic hydroxyl groups is 1. The second-order valence-electron chi connectivity index (χ2n) is 12.9. The number of phenolic OH excluding ortho intramolecular Hbond substituents is 1. The van der Waals surface area contributed by atoms with Crippen LogP contribution in [0.5, 0.6) is 5.75 Å². The first kappa shape index (κ1) is 25.1. The molecular formula is C28H41NO2. The molecule has 0 saturated carbocycles. The van der Waals surface area contributed by atoms with Crippen LogP contribution >= 0.6 is 0 Å². The summed E-state index contributed by atoms with van der Waals surface area (Å²) in [5.41, 5.74) is 3.82. The van der Waals surface area contributed by atoms with Crippen LogP contribution in [0.15, 0.2) is 40.4 Å². The molecule has 0 amide bonds. The number of hydrogen-bond acceptors (Lipinski definition) is 3. The van der Waals surface area contributed by atoms with E-state index in [-0.39, 0.29) is 33.2 Å². The summed E-state index contributed by atoms with van der Waals surface area (Å²) in [7, 11) is 0. The summed E-state index contributed by atoms with van der Waals surface area (Å²) in [5.74, 6) is 0.0803. The molecule has 170 valence electrons. The fourth-order valence-corrected chi connectivity index (χ4v) is 3.53. The summed E-state index contributed by atoms with van der Waals surface area (Å²) in [5, 5.41) is 11.1. The van der Waals surface area contributed by atoms with Gasteiger partial charge in [0.25, 0.3) is 0 Å². The Morgan fingerprint density at radius 1 is 0.710 bits per heavy atom. The van der Waals surface area contributed by atoms with Gasteiger partial charge in [-0.25, -0.2) is 4.99 Å². The van der Waals surface area contributed by atoms with Crippen LogP contribution in [0.3, 0.4) is 0 Å². The van der Waals surface area contributed by atoms with Gasteiger partial charge in [0.15, 0.2) is 0 Å². The number of ketones is 1. The van der Waals surface area contributed by atoms with E-state index >= 15 is 0 Å². The molecule has 0 spiro atoms. The Balaban J connectivity index is 2.82. The summed E-state index contributed by atoms with van der Waals surface area (Å²) in [6.45, 7) is 25.2. The molecule has 0 atom stereocenters. The molecule has 3 heteroatoms. The minimum atomic E-state index is -0.297. The van der Waals surface area contributed by atoms with Crippen LogP contribution in [-0.2, 0) is 15.6 Å². The van der Waals surface area contributed by atoms with Crippen molar-refractivity contribution in [3.8, 4) is 5.75 Å². The van der Waals surface area contributed by atoms with Gasteiger partial charge >= 0.3 is 0 Å². The molecule has 1 aromatic rings. The van der Waals surface area contributed by atoms with Gasteiger partial charge in [-0.2, -0.15) is 0 Å². The van der Waals surface area contributed by atoms with Crippen molar-refractivity contribution in [3.05, 3.63) is 46.6 Å². The lowest BCUT2D eigenvalue weighted by Gasteiger charge is -2.30. The van der Waals surface area contributed by atoms with Crippen LogP contribution in [-0.4, -0.2) is 16.6 Å². The predicted octanol–water partition coefficient (Wildman–Crippen LogP) is 7.59. The number of carbonyl (C=O) groups excluding carboxylic acids is 1. The highest BCUT2D eigenvalue weighted by atomic mass is 16.3. The summed E-state index contributed by atoms with van der Waals surface area (Å²) >= 11 is 0. The lowest BCUT2D eigenvalue weighted by molar-refractivity contribution is -0.110. The van der Waals surface area contributed by atoms with Crippen molar-refractivity contribution >= 4 is 17.2 Å². The number of hydrogen-bond donors (Lipinski definition) is 1. The normalized spacial score (nSPS) is 17.7. The molecule has 0 saturated heterocycles. The number of carbonyl (C=O) groups is 1. The van der Waals surface area contributed by atoms with Crippen molar-refractivity contribution in [2.45, 2.75) is 93.9 Å². The van der Waals surface area contributed by atoms with Gasteiger partial charge in [0.1, 0.15) is 17.1 Å². The zero-order chi connectivity index (χ0) is 24.2. The Morgan fingerprint density at radius 3 is 1.68 bits per heavy atom. The molecule has 0 unspecified atom stereocenters. The number of benzene rings is 1. The highest BCUT2D eigenvalue weighted by Gasteiger charge is 2.33. The van der Waals surface area contributed by atoms with Gasteiger partial charge in [0.2, 0.25) is 5.78 Å². The van der Waals surface area contributed by atoms with Crippen molar-refractivity contribution in [2.75, 3.05) is 0 Å². The number of Topliss-reactive ketones (excluding diaryl/α,β-unsaturated/α-hetero) is 1. The van der Waals surface area contributed by atoms with Gasteiger partial charge in [-0.15, -0.1) is 0 Å². The molecule has 1 aliphatic carbocycles. The fraction of sp³-hybridized carbons (Fsp3) is 0.571. The first-order valence-electron chi connectivity index (χ1n) is 11.2. The summed E-state index contributed by atoms with van der Waals surface area (Å²) < 4.78 is 0. The standard InChI is InChI=1S/C28H41NO2/c1-25(2,3)17-13-19(27(7,8)9)23(30)21(15-17)29-22-16-18(26(4,5)6)14-20(24(22)31)28(10,11)12/h13-16,30H,1-12H3. The summed E-state index contributed by atoms with van der Waals surface area (Å²) in [4.78, 5) is 18.2. The molecule has 0 aromatic heterocycles. The Kier molecular flexibility index (Phi) is 6.28. The Morgan fingerprint density at radius 2 is 1.26 bits per heavy atom. The van der Waals surface area contributed by atoms with E-state index in [4.69, 9.17) is 4.99 Å². The number of aliphatic imine (C=N–C) groups is 1. The monoisotopic (exact) mass is 423 g/mol. The van der Waals surface area contributed by atoms with Crippen molar-refractivity contribution in [1.82, 2.24) is 0 Å². The third kappa shape index (κ3) is 5.56. The Hall–Kier alpha value is -2.16. The van der Waals surface area contributed by atoms with Gasteiger partial charge in [-0.3, -0.25) is 4.79 Å². The third-order valence-electron chi connectivity index (χ3n) is 5.75. The van der Waals surface area contributed by atoms with Crippen LogP contribution in [0, 0.1) is 10.8 Å². The minimum Gasteiger partial charge on any atom is -0.505 e. The number of allylic oxidation sites excluding steroid dienone is 4. The molecule has 1 N–H and O–H groups in total. The molecule has 1 aromatic carbocycles. The second-order valence-corrected chi connectivity index (χ2v) is 12.9. The van der Waals surface area contributed by atoms with E-state index in [9.17, 15) is 9.90 Å². The Labute approximate surface area is 189 Å². The van der Waals surface area contributed by atoms with Crippen LogP contribution in [0.1, 0.15) is 94.2 Å². The van der Waals surface area contributed by atoms with Crippen molar-refractivity contribution in [1.29, 1.82) is 0 Å². The van der Waals surface area contributed by atoms with E-state index in [2.05, 4.69) is 89.2 Å².